The number of amides is 1. The molecule has 1 atom stereocenters. The first-order valence-corrected chi connectivity index (χ1v) is 9.02. The number of carbonyl (C=O) groups excluding carboxylic acids is 1. The molecule has 2 aliphatic rings. The third-order valence-corrected chi connectivity index (χ3v) is 5.12. The topological polar surface area (TPSA) is 95.1 Å². The van der Waals surface area contributed by atoms with Gasteiger partial charge in [0.1, 0.15) is 18.7 Å². The molecule has 7 nitrogen and oxygen atoms in total. The highest BCUT2D eigenvalue weighted by atomic mass is 16.5. The number of anilines is 1. The number of nitrogens with one attached hydrogen (secondary N) is 1. The molecule has 5 rings (SSSR count). The quantitative estimate of drug-likeness (QED) is 0.730. The molecule has 0 fully saturated rings. The van der Waals surface area contributed by atoms with Crippen LogP contribution in [-0.2, 0) is 19.4 Å². The van der Waals surface area contributed by atoms with Crippen LogP contribution in [0.4, 0.5) is 5.69 Å². The van der Waals surface area contributed by atoms with Gasteiger partial charge >= 0.3 is 0 Å². The molecule has 7 heteroatoms. The number of aryl methyl sites for hydroxylation is 1. The first kappa shape index (κ1) is 16.0. The van der Waals surface area contributed by atoms with E-state index in [4.69, 9.17) is 10.5 Å². The molecular formula is C20H19N5O2. The lowest BCUT2D eigenvalue weighted by atomic mass is 9.92. The molecule has 0 radical (unpaired) electrons. The zero-order valence-corrected chi connectivity index (χ0v) is 14.7. The van der Waals surface area contributed by atoms with E-state index in [0.29, 0.717) is 18.0 Å². The van der Waals surface area contributed by atoms with Crippen molar-refractivity contribution in [3.05, 3.63) is 65.5 Å². The fraction of sp³-hybridized carbons (Fsp3) is 0.250. The molecule has 0 saturated heterocycles. The van der Waals surface area contributed by atoms with E-state index in [9.17, 15) is 4.79 Å². The summed E-state index contributed by atoms with van der Waals surface area (Å²) in [6.07, 6.45) is 5.98. The molecule has 3 aromatic rings. The number of nitrogens with two attached hydrogens (primary N) is 1. The summed E-state index contributed by atoms with van der Waals surface area (Å²) < 4.78 is 7.67. The number of ether oxygens (including phenoxy) is 1. The maximum Gasteiger partial charge on any atom is 0.276 e. The number of rotatable bonds is 2. The van der Waals surface area contributed by atoms with E-state index in [0.717, 1.165) is 47.7 Å². The van der Waals surface area contributed by atoms with Crippen LogP contribution in [0, 0.1) is 0 Å². The van der Waals surface area contributed by atoms with Crippen molar-refractivity contribution in [3.63, 3.8) is 0 Å². The highest BCUT2D eigenvalue weighted by Crippen LogP contribution is 2.30. The molecule has 1 amide bonds. The van der Waals surface area contributed by atoms with Gasteiger partial charge in [-0.05, 0) is 43.0 Å². The molecule has 3 heterocycles. The number of hydrogen-bond donors (Lipinski definition) is 2. The lowest BCUT2D eigenvalue weighted by Gasteiger charge is -2.21. The number of pyridine rings is 1. The molecular weight excluding hydrogens is 342 g/mol. The molecule has 1 unspecified atom stereocenters. The van der Waals surface area contributed by atoms with Gasteiger partial charge < -0.3 is 15.8 Å². The van der Waals surface area contributed by atoms with Crippen molar-refractivity contribution in [2.75, 3.05) is 5.32 Å². The Balaban J connectivity index is 1.42. The fourth-order valence-electron chi connectivity index (χ4n) is 3.74. The number of para-hydroxylation sites is 2. The first-order valence-electron chi connectivity index (χ1n) is 9.02. The standard InChI is InChI=1S/C20H19N5O2/c21-13-5-6-15-12(7-13)8-14(9-22-15)24-20(26)19-17-10-27-18-4-2-1-3-16(18)25(17)11-23-19/h1-4,8-9,11,13H,5-7,10,21H2,(H,24,26). The second-order valence-electron chi connectivity index (χ2n) is 6.95. The molecule has 136 valence electrons. The van der Waals surface area contributed by atoms with Gasteiger partial charge in [0, 0.05) is 11.7 Å². The van der Waals surface area contributed by atoms with Crippen molar-refractivity contribution in [1.82, 2.24) is 14.5 Å². The van der Waals surface area contributed by atoms with Crippen LogP contribution in [0.5, 0.6) is 5.75 Å². The normalized spacial score (nSPS) is 17.3. The number of imidazole rings is 1. The Bertz CT molecular complexity index is 1040. The lowest BCUT2D eigenvalue weighted by Crippen LogP contribution is -2.28. The van der Waals surface area contributed by atoms with E-state index in [-0.39, 0.29) is 11.9 Å². The monoisotopic (exact) mass is 361 g/mol. The molecule has 1 aliphatic heterocycles. The summed E-state index contributed by atoms with van der Waals surface area (Å²) in [5.74, 6) is 0.512. The van der Waals surface area contributed by atoms with Crippen LogP contribution in [0.15, 0.2) is 42.9 Å². The van der Waals surface area contributed by atoms with Gasteiger partial charge in [-0.1, -0.05) is 12.1 Å². The van der Waals surface area contributed by atoms with Crippen LogP contribution in [-0.4, -0.2) is 26.5 Å². The molecule has 3 N–H and O–H groups in total. The van der Waals surface area contributed by atoms with E-state index in [1.54, 1.807) is 12.5 Å². The van der Waals surface area contributed by atoms with E-state index >= 15 is 0 Å². The van der Waals surface area contributed by atoms with Gasteiger partial charge in [-0.15, -0.1) is 0 Å². The molecule has 27 heavy (non-hydrogen) atoms. The van der Waals surface area contributed by atoms with Gasteiger partial charge in [-0.3, -0.25) is 14.3 Å². The Morgan fingerprint density at radius 2 is 2.19 bits per heavy atom. The van der Waals surface area contributed by atoms with Crippen molar-refractivity contribution < 1.29 is 9.53 Å². The van der Waals surface area contributed by atoms with Gasteiger partial charge in [0.2, 0.25) is 0 Å². The maximum atomic E-state index is 12.8. The fourth-order valence-corrected chi connectivity index (χ4v) is 3.74. The average molecular weight is 361 g/mol. The number of hydrogen-bond acceptors (Lipinski definition) is 5. The Morgan fingerprint density at radius 1 is 1.30 bits per heavy atom. The van der Waals surface area contributed by atoms with Gasteiger partial charge in [0.25, 0.3) is 5.91 Å². The zero-order chi connectivity index (χ0) is 18.4. The number of carbonyl (C=O) groups is 1. The summed E-state index contributed by atoms with van der Waals surface area (Å²) in [5.41, 5.74) is 10.9. The molecule has 0 spiro atoms. The number of benzene rings is 1. The third-order valence-electron chi connectivity index (χ3n) is 5.12. The Morgan fingerprint density at radius 3 is 3.11 bits per heavy atom. The SMILES string of the molecule is NC1CCc2ncc(NC(=O)c3ncn4c3COc3ccccc3-4)cc2C1. The summed E-state index contributed by atoms with van der Waals surface area (Å²) in [5, 5.41) is 2.91. The van der Waals surface area contributed by atoms with Crippen LogP contribution >= 0.6 is 0 Å². The second-order valence-corrected chi connectivity index (χ2v) is 6.95. The minimum absolute atomic E-state index is 0.155. The van der Waals surface area contributed by atoms with Crippen LogP contribution in [0.25, 0.3) is 5.69 Å². The van der Waals surface area contributed by atoms with Gasteiger partial charge in [0.15, 0.2) is 5.69 Å². The van der Waals surface area contributed by atoms with Crippen LogP contribution in [0.2, 0.25) is 0 Å². The maximum absolute atomic E-state index is 12.8. The van der Waals surface area contributed by atoms with Crippen molar-refractivity contribution >= 4 is 11.6 Å². The minimum Gasteiger partial charge on any atom is -0.485 e. The lowest BCUT2D eigenvalue weighted by molar-refractivity contribution is 0.101. The smallest absolute Gasteiger partial charge is 0.276 e. The summed E-state index contributed by atoms with van der Waals surface area (Å²) >= 11 is 0. The molecule has 0 bridgehead atoms. The Labute approximate surface area is 156 Å². The van der Waals surface area contributed by atoms with Crippen molar-refractivity contribution in [2.24, 2.45) is 5.73 Å². The summed E-state index contributed by atoms with van der Waals surface area (Å²) in [7, 11) is 0. The molecule has 1 aromatic carbocycles. The predicted molar refractivity (Wildman–Crippen MR) is 100 cm³/mol. The highest BCUT2D eigenvalue weighted by Gasteiger charge is 2.25. The Hall–Kier alpha value is -3.19. The molecule has 0 saturated carbocycles. The molecule has 1 aliphatic carbocycles. The second kappa shape index (κ2) is 6.21. The Kier molecular flexibility index (Phi) is 3.68. The zero-order valence-electron chi connectivity index (χ0n) is 14.7. The van der Waals surface area contributed by atoms with E-state index in [1.165, 1.54) is 0 Å². The van der Waals surface area contributed by atoms with Crippen LogP contribution in [0.1, 0.15) is 33.9 Å². The summed E-state index contributed by atoms with van der Waals surface area (Å²) in [4.78, 5) is 21.6. The van der Waals surface area contributed by atoms with Crippen molar-refractivity contribution in [2.45, 2.75) is 31.9 Å². The van der Waals surface area contributed by atoms with E-state index in [2.05, 4.69) is 15.3 Å². The van der Waals surface area contributed by atoms with E-state index < -0.39 is 0 Å². The van der Waals surface area contributed by atoms with Crippen LogP contribution < -0.4 is 15.8 Å². The largest absolute Gasteiger partial charge is 0.485 e. The number of nitrogens with zero attached hydrogens (tertiary/aromatic N) is 3. The van der Waals surface area contributed by atoms with Crippen molar-refractivity contribution in [1.29, 1.82) is 0 Å². The molecule has 2 aromatic heterocycles. The third kappa shape index (κ3) is 2.76. The number of aromatic nitrogens is 3. The van der Waals surface area contributed by atoms with Gasteiger partial charge in [-0.25, -0.2) is 4.98 Å². The van der Waals surface area contributed by atoms with Gasteiger partial charge in [0.05, 0.1) is 23.3 Å². The first-order chi connectivity index (χ1) is 13.2. The predicted octanol–water partition coefficient (Wildman–Crippen LogP) is 2.23. The van der Waals surface area contributed by atoms with Gasteiger partial charge in [-0.2, -0.15) is 0 Å². The minimum atomic E-state index is -0.270. The summed E-state index contributed by atoms with van der Waals surface area (Å²) in [6.45, 7) is 0.303. The van der Waals surface area contributed by atoms with Crippen LogP contribution in [0.3, 0.4) is 0 Å². The highest BCUT2D eigenvalue weighted by molar-refractivity contribution is 6.03. The van der Waals surface area contributed by atoms with Crippen molar-refractivity contribution in [3.8, 4) is 11.4 Å². The van der Waals surface area contributed by atoms with E-state index in [1.807, 2.05) is 34.9 Å². The number of fused-ring (bicyclic) bond motifs is 4. The average Bonchev–Trinajstić information content (AvgIpc) is 3.12. The summed E-state index contributed by atoms with van der Waals surface area (Å²) in [6, 6.07) is 9.82.